The second-order valence-electron chi connectivity index (χ2n) is 15.1. The van der Waals surface area contributed by atoms with E-state index in [1.165, 1.54) is 4.90 Å². The van der Waals surface area contributed by atoms with Crippen LogP contribution in [0.3, 0.4) is 0 Å². The van der Waals surface area contributed by atoms with Crippen molar-refractivity contribution < 1.29 is 11.0 Å². The van der Waals surface area contributed by atoms with Crippen LogP contribution in [0.4, 0.5) is 17.1 Å². The molecule has 0 aliphatic carbocycles. The van der Waals surface area contributed by atoms with Crippen molar-refractivity contribution in [2.45, 2.75) is 0 Å². The summed E-state index contributed by atoms with van der Waals surface area (Å²) in [5, 5.41) is 5.67. The SMILES string of the molecule is [2H]c1c([2H])c(N(c2ccc(-c3cccc(-c4ccccc4)c3)cc2)c2c([2H])c([2H])c(-c3cc4ccccc4c4ccccc34)c([2H])c2[2H])c([2H])c([2H])c1-c1cccc(-c2cccc3ccccc23)c1. The van der Waals surface area contributed by atoms with E-state index < -0.39 is 24.2 Å². The molecule has 0 saturated heterocycles. The van der Waals surface area contributed by atoms with Crippen LogP contribution < -0.4 is 4.90 Å². The van der Waals surface area contributed by atoms with Crippen molar-refractivity contribution in [3.05, 3.63) is 249 Å². The van der Waals surface area contributed by atoms with Crippen LogP contribution in [-0.2, 0) is 0 Å². The molecule has 0 saturated carbocycles. The minimum absolute atomic E-state index is 0.0996. The summed E-state index contributed by atoms with van der Waals surface area (Å²) >= 11 is 0. The Morgan fingerprint density at radius 2 is 0.721 bits per heavy atom. The smallest absolute Gasteiger partial charge is 0.0645 e. The maximum Gasteiger partial charge on any atom is 0.0645 e. The number of hydrogen-bond acceptors (Lipinski definition) is 1. The lowest BCUT2D eigenvalue weighted by molar-refractivity contribution is 1.28. The van der Waals surface area contributed by atoms with Crippen molar-refractivity contribution in [2.24, 2.45) is 0 Å². The number of nitrogens with zero attached hydrogens (tertiary/aromatic N) is 1. The molecule has 11 aromatic rings. The highest BCUT2D eigenvalue weighted by atomic mass is 15.1. The van der Waals surface area contributed by atoms with Gasteiger partial charge in [-0.2, -0.15) is 0 Å². The monoisotopic (exact) mass is 783 g/mol. The highest BCUT2D eigenvalue weighted by Gasteiger charge is 2.16. The number of benzene rings is 11. The van der Waals surface area contributed by atoms with Crippen LogP contribution in [-0.4, -0.2) is 0 Å². The molecule has 11 rings (SSSR count). The largest absolute Gasteiger partial charge is 0.311 e. The fourth-order valence-electron chi connectivity index (χ4n) is 8.38. The zero-order valence-electron chi connectivity index (χ0n) is 41.0. The summed E-state index contributed by atoms with van der Waals surface area (Å²) in [6.45, 7) is 0. The van der Waals surface area contributed by atoms with Crippen LogP contribution in [0.25, 0.3) is 88.0 Å². The predicted molar refractivity (Wildman–Crippen MR) is 261 cm³/mol. The summed E-state index contributed by atoms with van der Waals surface area (Å²) in [5.74, 6) is 0. The molecule has 0 amide bonds. The number of rotatable bonds is 8. The van der Waals surface area contributed by atoms with Crippen LogP contribution in [0, 0.1) is 0 Å². The Kier molecular flexibility index (Phi) is 7.29. The predicted octanol–water partition coefficient (Wildman–Crippen LogP) is 17.0. The molecule has 0 fully saturated rings. The van der Waals surface area contributed by atoms with E-state index in [9.17, 15) is 11.0 Å². The van der Waals surface area contributed by atoms with Gasteiger partial charge in [-0.25, -0.2) is 0 Å². The fourth-order valence-corrected chi connectivity index (χ4v) is 8.38. The molecule has 0 heterocycles. The molecule has 0 N–H and O–H groups in total. The fraction of sp³-hybridized carbons (Fsp3) is 0. The van der Waals surface area contributed by atoms with E-state index in [1.807, 2.05) is 164 Å². The second-order valence-corrected chi connectivity index (χ2v) is 15.1. The Bertz CT molecular complexity index is 3770. The molecular formula is C60H41N. The zero-order valence-corrected chi connectivity index (χ0v) is 33.0. The van der Waals surface area contributed by atoms with E-state index in [0.29, 0.717) is 16.8 Å². The van der Waals surface area contributed by atoms with Gasteiger partial charge in [0.15, 0.2) is 0 Å². The van der Waals surface area contributed by atoms with Gasteiger partial charge < -0.3 is 4.90 Å². The molecule has 0 aliphatic rings. The molecule has 0 aliphatic heterocycles. The van der Waals surface area contributed by atoms with Gasteiger partial charge in [0.05, 0.1) is 11.0 Å². The molecule has 0 unspecified atom stereocenters. The third-order valence-electron chi connectivity index (χ3n) is 11.4. The lowest BCUT2D eigenvalue weighted by Gasteiger charge is -2.26. The van der Waals surface area contributed by atoms with Gasteiger partial charge in [0.1, 0.15) is 0 Å². The summed E-state index contributed by atoms with van der Waals surface area (Å²) in [6, 6.07) is 61.8. The van der Waals surface area contributed by atoms with Crippen molar-refractivity contribution >= 4 is 49.4 Å². The Balaban J connectivity index is 1.11. The molecule has 0 bridgehead atoms. The van der Waals surface area contributed by atoms with Crippen molar-refractivity contribution in [1.29, 1.82) is 0 Å². The normalized spacial score (nSPS) is 13.1. The lowest BCUT2D eigenvalue weighted by atomic mass is 9.93. The Labute approximate surface area is 368 Å². The van der Waals surface area contributed by atoms with Crippen LogP contribution in [0.15, 0.2) is 249 Å². The highest BCUT2D eigenvalue weighted by molar-refractivity contribution is 6.13. The Morgan fingerprint density at radius 1 is 0.246 bits per heavy atom. The molecule has 0 aromatic heterocycles. The van der Waals surface area contributed by atoms with Gasteiger partial charge in [-0.05, 0) is 142 Å². The van der Waals surface area contributed by atoms with Crippen molar-refractivity contribution in [3.63, 3.8) is 0 Å². The lowest BCUT2D eigenvalue weighted by Crippen LogP contribution is -2.09. The topological polar surface area (TPSA) is 3.24 Å². The molecule has 0 radical (unpaired) electrons. The van der Waals surface area contributed by atoms with Gasteiger partial charge in [0.25, 0.3) is 0 Å². The first-order valence-corrected chi connectivity index (χ1v) is 20.3. The van der Waals surface area contributed by atoms with Gasteiger partial charge in [0.2, 0.25) is 0 Å². The van der Waals surface area contributed by atoms with E-state index in [0.717, 1.165) is 65.7 Å². The second kappa shape index (κ2) is 15.6. The Morgan fingerprint density at radius 3 is 1.43 bits per heavy atom. The molecule has 11 aromatic carbocycles. The van der Waals surface area contributed by atoms with Gasteiger partial charge >= 0.3 is 0 Å². The van der Waals surface area contributed by atoms with Gasteiger partial charge in [-0.1, -0.05) is 194 Å². The molecule has 0 spiro atoms. The Hall–Kier alpha value is -8.00. The number of fused-ring (bicyclic) bond motifs is 4. The molecule has 1 nitrogen and oxygen atoms in total. The van der Waals surface area contributed by atoms with Crippen molar-refractivity contribution in [1.82, 2.24) is 0 Å². The maximum absolute atomic E-state index is 9.74. The van der Waals surface area contributed by atoms with E-state index in [-0.39, 0.29) is 46.7 Å². The third kappa shape index (κ3) is 6.93. The average Bonchev–Trinajstić information content (AvgIpc) is 3.40. The first-order valence-electron chi connectivity index (χ1n) is 24.3. The first kappa shape index (κ1) is 28.4. The molecular weight excluding hydrogens is 735 g/mol. The van der Waals surface area contributed by atoms with Gasteiger partial charge in [-0.15, -0.1) is 0 Å². The zero-order chi connectivity index (χ0) is 47.5. The van der Waals surface area contributed by atoms with Gasteiger partial charge in [-0.3, -0.25) is 0 Å². The molecule has 286 valence electrons. The summed E-state index contributed by atoms with van der Waals surface area (Å²) < 4.78 is 77.3. The minimum atomic E-state index is -0.400. The van der Waals surface area contributed by atoms with Crippen LogP contribution in [0.5, 0.6) is 0 Å². The van der Waals surface area contributed by atoms with Crippen molar-refractivity contribution in [2.75, 3.05) is 4.90 Å². The van der Waals surface area contributed by atoms with Crippen LogP contribution >= 0.6 is 0 Å². The summed E-state index contributed by atoms with van der Waals surface area (Å²) in [7, 11) is 0. The van der Waals surface area contributed by atoms with E-state index in [4.69, 9.17) is 0 Å². The quantitative estimate of drug-likeness (QED) is 0.139. The third-order valence-corrected chi connectivity index (χ3v) is 11.4. The summed E-state index contributed by atoms with van der Waals surface area (Å²) in [6.07, 6.45) is 0. The molecule has 61 heavy (non-hydrogen) atoms. The van der Waals surface area contributed by atoms with E-state index in [2.05, 4.69) is 18.2 Å². The highest BCUT2D eigenvalue weighted by Crippen LogP contribution is 2.41. The van der Waals surface area contributed by atoms with Crippen LogP contribution in [0.1, 0.15) is 11.0 Å². The summed E-state index contributed by atoms with van der Waals surface area (Å²) in [5.41, 5.74) is 6.88. The average molecular weight is 784 g/mol. The molecule has 1 heteroatoms. The number of anilines is 3. The summed E-state index contributed by atoms with van der Waals surface area (Å²) in [4.78, 5) is 1.37. The maximum atomic E-state index is 9.74. The van der Waals surface area contributed by atoms with E-state index in [1.54, 1.807) is 18.2 Å². The standard InChI is InChI=1S/C60H41N/c1-2-13-42(14-3-1)47-18-10-19-48(39-47)43-27-33-52(34-28-43)61(54-37-31-46(32-38-54)60-41-51-16-5-7-23-57(51)58-24-8-9-25-59(58)60)53-35-29-44(30-36-53)49-20-11-21-50(40-49)56-26-12-17-45-15-4-6-22-55(45)56/h1-41H/i29D,30D,31D,32D,35D,36D,37D,38D. The number of hydrogen-bond donors (Lipinski definition) is 0. The van der Waals surface area contributed by atoms with Gasteiger partial charge in [0, 0.05) is 17.1 Å². The first-order chi connectivity index (χ1) is 33.6. The van der Waals surface area contributed by atoms with Crippen molar-refractivity contribution in [3.8, 4) is 55.6 Å². The molecule has 0 atom stereocenters. The van der Waals surface area contributed by atoms with Crippen LogP contribution in [0.2, 0.25) is 0 Å². The minimum Gasteiger partial charge on any atom is -0.311 e. The van der Waals surface area contributed by atoms with E-state index >= 15 is 0 Å².